The van der Waals surface area contributed by atoms with Gasteiger partial charge in [0.15, 0.2) is 11.5 Å². The maximum Gasteiger partial charge on any atom is 0.253 e. The molecule has 162 valence electrons. The summed E-state index contributed by atoms with van der Waals surface area (Å²) in [5, 5.41) is 0. The van der Waals surface area contributed by atoms with Crippen LogP contribution in [0.4, 0.5) is 0 Å². The molecule has 30 heavy (non-hydrogen) atoms. The summed E-state index contributed by atoms with van der Waals surface area (Å²) in [6.45, 7) is 1.63. The largest absolute Gasteiger partial charge is 0.493 e. The Morgan fingerprint density at radius 3 is 2.23 bits per heavy atom. The van der Waals surface area contributed by atoms with Crippen molar-refractivity contribution in [2.24, 2.45) is 0 Å². The van der Waals surface area contributed by atoms with Crippen LogP contribution >= 0.6 is 0 Å². The Morgan fingerprint density at radius 1 is 1.00 bits per heavy atom. The van der Waals surface area contributed by atoms with E-state index in [0.717, 1.165) is 18.4 Å². The van der Waals surface area contributed by atoms with Gasteiger partial charge >= 0.3 is 0 Å². The molecule has 1 saturated heterocycles. The molecule has 1 aliphatic rings. The van der Waals surface area contributed by atoms with E-state index in [1.54, 1.807) is 38.3 Å². The van der Waals surface area contributed by atoms with Crippen LogP contribution in [0.1, 0.15) is 28.8 Å². The van der Waals surface area contributed by atoms with Gasteiger partial charge in [-0.1, -0.05) is 6.07 Å². The summed E-state index contributed by atoms with van der Waals surface area (Å²) in [4.78, 5) is 14.6. The lowest BCUT2D eigenvalue weighted by Crippen LogP contribution is -2.29. The van der Waals surface area contributed by atoms with E-state index >= 15 is 0 Å². The average Bonchev–Trinajstić information content (AvgIpc) is 3.32. The zero-order chi connectivity index (χ0) is 21.7. The summed E-state index contributed by atoms with van der Waals surface area (Å²) >= 11 is 0. The first kappa shape index (κ1) is 22.1. The van der Waals surface area contributed by atoms with Crippen LogP contribution in [0.15, 0.2) is 47.4 Å². The van der Waals surface area contributed by atoms with E-state index < -0.39 is 10.0 Å². The number of sulfonamides is 1. The van der Waals surface area contributed by atoms with Gasteiger partial charge in [0.25, 0.3) is 5.91 Å². The van der Waals surface area contributed by atoms with Crippen molar-refractivity contribution < 1.29 is 22.7 Å². The third-order valence-electron chi connectivity index (χ3n) is 5.33. The normalized spacial score (nSPS) is 14.5. The molecule has 2 aromatic carbocycles. The van der Waals surface area contributed by atoms with E-state index in [2.05, 4.69) is 0 Å². The van der Waals surface area contributed by atoms with Crippen molar-refractivity contribution in [2.75, 3.05) is 40.9 Å². The Kier molecular flexibility index (Phi) is 6.99. The summed E-state index contributed by atoms with van der Waals surface area (Å²) < 4.78 is 37.3. The lowest BCUT2D eigenvalue weighted by molar-refractivity contribution is 0.0796. The Balaban J connectivity index is 1.63. The van der Waals surface area contributed by atoms with Gasteiger partial charge in [0, 0.05) is 32.2 Å². The standard InChI is InChI=1S/C22H28N2O5S/c1-23(15-12-17-6-11-20(28-2)21(16-17)29-3)22(25)18-7-9-19(10-8-18)30(26,27)24-13-4-5-14-24/h6-11,16H,4-5,12-15H2,1-3H3. The van der Waals surface area contributed by atoms with Crippen molar-refractivity contribution >= 4 is 15.9 Å². The molecule has 0 aliphatic carbocycles. The second kappa shape index (κ2) is 9.49. The maximum absolute atomic E-state index is 12.7. The molecule has 1 amide bonds. The topological polar surface area (TPSA) is 76.2 Å². The minimum Gasteiger partial charge on any atom is -0.493 e. The van der Waals surface area contributed by atoms with Crippen LogP contribution in [-0.4, -0.2) is 64.4 Å². The molecule has 0 spiro atoms. The van der Waals surface area contributed by atoms with Crippen molar-refractivity contribution in [2.45, 2.75) is 24.2 Å². The number of rotatable bonds is 8. The molecule has 0 atom stereocenters. The van der Waals surface area contributed by atoms with Crippen LogP contribution in [0.25, 0.3) is 0 Å². The Hall–Kier alpha value is -2.58. The van der Waals surface area contributed by atoms with Gasteiger partial charge in [0.05, 0.1) is 19.1 Å². The fourth-order valence-electron chi connectivity index (χ4n) is 3.50. The van der Waals surface area contributed by atoms with Gasteiger partial charge in [0.2, 0.25) is 10.0 Å². The number of carbonyl (C=O) groups is 1. The molecule has 8 heteroatoms. The van der Waals surface area contributed by atoms with Gasteiger partial charge in [-0.25, -0.2) is 8.42 Å². The first-order valence-electron chi connectivity index (χ1n) is 9.93. The van der Waals surface area contributed by atoms with Gasteiger partial charge in [-0.05, 0) is 61.2 Å². The van der Waals surface area contributed by atoms with Gasteiger partial charge < -0.3 is 14.4 Å². The Bertz CT molecular complexity index is 983. The SMILES string of the molecule is COc1ccc(CCN(C)C(=O)c2ccc(S(=O)(=O)N3CCCC3)cc2)cc1OC. The van der Waals surface area contributed by atoms with E-state index in [-0.39, 0.29) is 10.8 Å². The average molecular weight is 433 g/mol. The van der Waals surface area contributed by atoms with Crippen LogP contribution in [0.2, 0.25) is 0 Å². The number of benzene rings is 2. The summed E-state index contributed by atoms with van der Waals surface area (Å²) in [5.41, 5.74) is 1.49. The van der Waals surface area contributed by atoms with Crippen molar-refractivity contribution in [3.63, 3.8) is 0 Å². The molecule has 1 aliphatic heterocycles. The quantitative estimate of drug-likeness (QED) is 0.641. The fourth-order valence-corrected chi connectivity index (χ4v) is 5.02. The highest BCUT2D eigenvalue weighted by Crippen LogP contribution is 2.28. The van der Waals surface area contributed by atoms with Crippen LogP contribution in [0, 0.1) is 0 Å². The number of hydrogen-bond donors (Lipinski definition) is 0. The summed E-state index contributed by atoms with van der Waals surface area (Å²) in [6, 6.07) is 11.9. The number of hydrogen-bond acceptors (Lipinski definition) is 5. The number of nitrogens with zero attached hydrogens (tertiary/aromatic N) is 2. The lowest BCUT2D eigenvalue weighted by atomic mass is 10.1. The number of carbonyl (C=O) groups excluding carboxylic acids is 1. The minimum absolute atomic E-state index is 0.152. The number of amides is 1. The molecular weight excluding hydrogens is 404 g/mol. The molecule has 0 bridgehead atoms. The lowest BCUT2D eigenvalue weighted by Gasteiger charge is -2.19. The summed E-state index contributed by atoms with van der Waals surface area (Å²) in [5.74, 6) is 1.16. The predicted octanol–water partition coefficient (Wildman–Crippen LogP) is 2.80. The van der Waals surface area contributed by atoms with E-state index in [1.165, 1.54) is 16.4 Å². The molecule has 0 N–H and O–H groups in total. The molecule has 0 radical (unpaired) electrons. The molecule has 0 unspecified atom stereocenters. The van der Waals surface area contributed by atoms with E-state index in [9.17, 15) is 13.2 Å². The third kappa shape index (κ3) is 4.76. The molecule has 1 fully saturated rings. The third-order valence-corrected chi connectivity index (χ3v) is 7.25. The summed E-state index contributed by atoms with van der Waals surface area (Å²) in [6.07, 6.45) is 2.44. The number of likely N-dealkylation sites (N-methyl/N-ethyl adjacent to an activating group) is 1. The van der Waals surface area contributed by atoms with Gasteiger partial charge in [-0.15, -0.1) is 0 Å². The highest BCUT2D eigenvalue weighted by Gasteiger charge is 2.27. The molecule has 1 heterocycles. The van der Waals surface area contributed by atoms with E-state index in [1.807, 2.05) is 18.2 Å². The highest BCUT2D eigenvalue weighted by molar-refractivity contribution is 7.89. The van der Waals surface area contributed by atoms with Crippen LogP contribution in [0.3, 0.4) is 0 Å². The van der Waals surface area contributed by atoms with Gasteiger partial charge in [0.1, 0.15) is 0 Å². The first-order chi connectivity index (χ1) is 14.4. The summed E-state index contributed by atoms with van der Waals surface area (Å²) in [7, 11) is 1.44. The van der Waals surface area contributed by atoms with Crippen molar-refractivity contribution in [3.8, 4) is 11.5 Å². The zero-order valence-corrected chi connectivity index (χ0v) is 18.4. The molecule has 3 rings (SSSR count). The molecule has 0 aromatic heterocycles. The van der Waals surface area contributed by atoms with E-state index in [0.29, 0.717) is 43.1 Å². The second-order valence-corrected chi connectivity index (χ2v) is 9.24. The van der Waals surface area contributed by atoms with Crippen molar-refractivity contribution in [1.82, 2.24) is 9.21 Å². The van der Waals surface area contributed by atoms with Gasteiger partial charge in [-0.3, -0.25) is 4.79 Å². The van der Waals surface area contributed by atoms with Crippen LogP contribution in [0.5, 0.6) is 11.5 Å². The Morgan fingerprint density at radius 2 is 1.63 bits per heavy atom. The highest BCUT2D eigenvalue weighted by atomic mass is 32.2. The zero-order valence-electron chi connectivity index (χ0n) is 17.6. The fraction of sp³-hybridized carbons (Fsp3) is 0.409. The first-order valence-corrected chi connectivity index (χ1v) is 11.4. The van der Waals surface area contributed by atoms with Crippen LogP contribution < -0.4 is 9.47 Å². The van der Waals surface area contributed by atoms with E-state index in [4.69, 9.17) is 9.47 Å². The molecular formula is C22H28N2O5S. The Labute approximate surface area is 178 Å². The van der Waals surface area contributed by atoms with Crippen LogP contribution in [-0.2, 0) is 16.4 Å². The number of methoxy groups -OCH3 is 2. The van der Waals surface area contributed by atoms with Crippen molar-refractivity contribution in [3.05, 3.63) is 53.6 Å². The number of ether oxygens (including phenoxy) is 2. The molecule has 7 nitrogen and oxygen atoms in total. The van der Waals surface area contributed by atoms with Crippen molar-refractivity contribution in [1.29, 1.82) is 0 Å². The monoisotopic (exact) mass is 432 g/mol. The predicted molar refractivity (Wildman–Crippen MR) is 115 cm³/mol. The minimum atomic E-state index is -3.47. The second-order valence-electron chi connectivity index (χ2n) is 7.30. The maximum atomic E-state index is 12.7. The molecule has 0 saturated carbocycles. The molecule has 2 aromatic rings. The van der Waals surface area contributed by atoms with Gasteiger partial charge in [-0.2, -0.15) is 4.31 Å². The smallest absolute Gasteiger partial charge is 0.253 e.